The number of nitrogens with zero attached hydrogens (tertiary/aromatic N) is 2. The number of nitriles is 1. The lowest BCUT2D eigenvalue weighted by atomic mass is 10.2. The van der Waals surface area contributed by atoms with Gasteiger partial charge in [0, 0.05) is 22.1 Å². The highest BCUT2D eigenvalue weighted by molar-refractivity contribution is 7.98. The van der Waals surface area contributed by atoms with Crippen LogP contribution in [0.5, 0.6) is 0 Å². The van der Waals surface area contributed by atoms with Gasteiger partial charge in [-0.1, -0.05) is 30.3 Å². The van der Waals surface area contributed by atoms with E-state index < -0.39 is 0 Å². The number of thioether (sulfide) groups is 1. The number of thiophene rings is 1. The van der Waals surface area contributed by atoms with Gasteiger partial charge >= 0.3 is 0 Å². The van der Waals surface area contributed by atoms with Gasteiger partial charge in [0.15, 0.2) is 0 Å². The van der Waals surface area contributed by atoms with Crippen LogP contribution in [0.25, 0.3) is 0 Å². The molecule has 0 radical (unpaired) electrons. The zero-order chi connectivity index (χ0) is 20.6. The minimum atomic E-state index is -0.0589. The summed E-state index contributed by atoms with van der Waals surface area (Å²) in [4.78, 5) is 17.2. The fourth-order valence-electron chi connectivity index (χ4n) is 2.92. The van der Waals surface area contributed by atoms with Gasteiger partial charge in [-0.05, 0) is 55.4 Å². The number of hydrogen-bond donors (Lipinski definition) is 1. The zero-order valence-corrected chi connectivity index (χ0v) is 18.1. The lowest BCUT2D eigenvalue weighted by Crippen LogP contribution is -2.34. The maximum absolute atomic E-state index is 12.9. The Labute approximate surface area is 180 Å². The van der Waals surface area contributed by atoms with Crippen LogP contribution in [0.4, 0.5) is 0 Å². The SMILES string of the molecule is CN(C)C(CNC(=O)c1ccccc1SCc1ccc(C#N)cc1)c1cccs1. The maximum atomic E-state index is 12.9. The molecule has 3 rings (SSSR count). The Kier molecular flexibility index (Phi) is 7.48. The van der Waals surface area contributed by atoms with Gasteiger partial charge in [-0.25, -0.2) is 0 Å². The first-order valence-electron chi connectivity index (χ1n) is 9.27. The predicted octanol–water partition coefficient (Wildman–Crippen LogP) is 4.94. The summed E-state index contributed by atoms with van der Waals surface area (Å²) in [6, 6.07) is 21.7. The summed E-state index contributed by atoms with van der Waals surface area (Å²) in [6.45, 7) is 0.557. The summed E-state index contributed by atoms with van der Waals surface area (Å²) in [6.07, 6.45) is 0. The monoisotopic (exact) mass is 421 g/mol. The predicted molar refractivity (Wildman–Crippen MR) is 120 cm³/mol. The van der Waals surface area contributed by atoms with E-state index in [9.17, 15) is 4.79 Å². The second-order valence-electron chi connectivity index (χ2n) is 6.80. The van der Waals surface area contributed by atoms with Crippen LogP contribution in [0.1, 0.15) is 32.4 Å². The second-order valence-corrected chi connectivity index (χ2v) is 8.79. The largest absolute Gasteiger partial charge is 0.350 e. The molecule has 6 heteroatoms. The van der Waals surface area contributed by atoms with E-state index >= 15 is 0 Å². The van der Waals surface area contributed by atoms with Gasteiger partial charge in [0.05, 0.1) is 23.2 Å². The Morgan fingerprint density at radius 2 is 1.90 bits per heavy atom. The van der Waals surface area contributed by atoms with Crippen LogP contribution in [-0.2, 0) is 5.75 Å². The van der Waals surface area contributed by atoms with Crippen LogP contribution < -0.4 is 5.32 Å². The zero-order valence-electron chi connectivity index (χ0n) is 16.5. The molecule has 29 heavy (non-hydrogen) atoms. The summed E-state index contributed by atoms with van der Waals surface area (Å²) in [5.74, 6) is 0.683. The number of carbonyl (C=O) groups is 1. The van der Waals surface area contributed by atoms with E-state index in [1.807, 2.05) is 68.7 Å². The fourth-order valence-corrected chi connectivity index (χ4v) is 4.85. The average Bonchev–Trinajstić information content (AvgIpc) is 3.27. The molecule has 0 aliphatic carbocycles. The highest BCUT2D eigenvalue weighted by Gasteiger charge is 2.18. The smallest absolute Gasteiger partial charge is 0.252 e. The van der Waals surface area contributed by atoms with Gasteiger partial charge in [-0.2, -0.15) is 5.26 Å². The van der Waals surface area contributed by atoms with Gasteiger partial charge in [-0.15, -0.1) is 23.1 Å². The first-order chi connectivity index (χ1) is 14.1. The van der Waals surface area contributed by atoms with Crippen molar-refractivity contribution in [2.75, 3.05) is 20.6 Å². The number of nitrogens with one attached hydrogen (secondary N) is 1. The van der Waals surface area contributed by atoms with E-state index in [-0.39, 0.29) is 11.9 Å². The molecule has 1 N–H and O–H groups in total. The van der Waals surface area contributed by atoms with Gasteiger partial charge < -0.3 is 10.2 Å². The van der Waals surface area contributed by atoms with Crippen molar-refractivity contribution >= 4 is 29.0 Å². The van der Waals surface area contributed by atoms with Crippen molar-refractivity contribution in [2.45, 2.75) is 16.7 Å². The van der Waals surface area contributed by atoms with Crippen LogP contribution in [0, 0.1) is 11.3 Å². The van der Waals surface area contributed by atoms with Gasteiger partial charge in [-0.3, -0.25) is 4.79 Å². The van der Waals surface area contributed by atoms with Crippen LogP contribution in [0.3, 0.4) is 0 Å². The molecule has 0 aliphatic rings. The summed E-state index contributed by atoms with van der Waals surface area (Å²) in [5.41, 5.74) is 2.46. The summed E-state index contributed by atoms with van der Waals surface area (Å²) in [7, 11) is 4.05. The van der Waals surface area contributed by atoms with Gasteiger partial charge in [0.2, 0.25) is 0 Å². The molecule has 4 nitrogen and oxygen atoms in total. The Hall–Kier alpha value is -2.59. The number of benzene rings is 2. The van der Waals surface area contributed by atoms with E-state index in [0.717, 1.165) is 16.2 Å². The number of likely N-dealkylation sites (N-methyl/N-ethyl adjacent to an activating group) is 1. The third kappa shape index (κ3) is 5.70. The molecule has 0 saturated heterocycles. The van der Waals surface area contributed by atoms with Gasteiger partial charge in [0.25, 0.3) is 5.91 Å². The van der Waals surface area contributed by atoms with E-state index in [0.29, 0.717) is 17.7 Å². The molecule has 1 aromatic heterocycles. The van der Waals surface area contributed by atoms with Crippen LogP contribution in [0.2, 0.25) is 0 Å². The third-order valence-electron chi connectivity index (χ3n) is 4.56. The number of hydrogen-bond acceptors (Lipinski definition) is 5. The summed E-state index contributed by atoms with van der Waals surface area (Å²) in [5, 5.41) is 14.1. The molecular formula is C23H23N3OS2. The first-order valence-corrected chi connectivity index (χ1v) is 11.1. The summed E-state index contributed by atoms with van der Waals surface area (Å²) >= 11 is 3.33. The number of carbonyl (C=O) groups excluding carboxylic acids is 1. The lowest BCUT2D eigenvalue weighted by Gasteiger charge is -2.23. The van der Waals surface area contributed by atoms with Crippen molar-refractivity contribution in [1.29, 1.82) is 5.26 Å². The van der Waals surface area contributed by atoms with Crippen LogP contribution in [-0.4, -0.2) is 31.4 Å². The molecular weight excluding hydrogens is 398 g/mol. The standard InChI is InChI=1S/C23H23N3OS2/c1-26(2)20(22-8-5-13-28-22)15-25-23(27)19-6-3-4-7-21(19)29-16-18-11-9-17(14-24)10-12-18/h3-13,20H,15-16H2,1-2H3,(H,25,27). The molecule has 1 amide bonds. The minimum Gasteiger partial charge on any atom is -0.350 e. The Balaban J connectivity index is 1.65. The van der Waals surface area contributed by atoms with Crippen LogP contribution >= 0.6 is 23.1 Å². The van der Waals surface area contributed by atoms with Crippen molar-refractivity contribution < 1.29 is 4.79 Å². The first kappa shape index (κ1) is 21.1. The van der Waals surface area contributed by atoms with Crippen LogP contribution in [0.15, 0.2) is 70.9 Å². The number of rotatable bonds is 8. The maximum Gasteiger partial charge on any atom is 0.252 e. The van der Waals surface area contributed by atoms with Crippen molar-refractivity contribution in [3.05, 3.63) is 87.6 Å². The molecule has 1 unspecified atom stereocenters. The Bertz CT molecular complexity index is 976. The number of amides is 1. The van der Waals surface area contributed by atoms with Crippen molar-refractivity contribution in [2.24, 2.45) is 0 Å². The molecule has 0 spiro atoms. The van der Waals surface area contributed by atoms with Crippen molar-refractivity contribution in [3.63, 3.8) is 0 Å². The van der Waals surface area contributed by atoms with E-state index in [4.69, 9.17) is 5.26 Å². The molecule has 0 bridgehead atoms. The molecule has 3 aromatic rings. The molecule has 1 atom stereocenters. The quantitative estimate of drug-likeness (QED) is 0.523. The minimum absolute atomic E-state index is 0.0589. The highest BCUT2D eigenvalue weighted by Crippen LogP contribution is 2.27. The second kappa shape index (κ2) is 10.3. The molecule has 0 fully saturated rings. The molecule has 1 heterocycles. The Morgan fingerprint density at radius 3 is 2.55 bits per heavy atom. The molecule has 0 aliphatic heterocycles. The fraction of sp³-hybridized carbons (Fsp3) is 0.217. The molecule has 2 aromatic carbocycles. The van der Waals surface area contributed by atoms with Crippen molar-refractivity contribution in [3.8, 4) is 6.07 Å². The third-order valence-corrected chi connectivity index (χ3v) is 6.68. The summed E-state index contributed by atoms with van der Waals surface area (Å²) < 4.78 is 0. The van der Waals surface area contributed by atoms with E-state index in [1.165, 1.54) is 4.88 Å². The lowest BCUT2D eigenvalue weighted by molar-refractivity contribution is 0.0939. The normalized spacial score (nSPS) is 11.8. The van der Waals surface area contributed by atoms with Gasteiger partial charge in [0.1, 0.15) is 0 Å². The topological polar surface area (TPSA) is 56.1 Å². The molecule has 148 valence electrons. The molecule has 0 saturated carbocycles. The Morgan fingerprint density at radius 1 is 1.14 bits per heavy atom. The van der Waals surface area contributed by atoms with Crippen molar-refractivity contribution in [1.82, 2.24) is 10.2 Å². The van der Waals surface area contributed by atoms with E-state index in [2.05, 4.69) is 27.7 Å². The highest BCUT2D eigenvalue weighted by atomic mass is 32.2. The van der Waals surface area contributed by atoms with E-state index in [1.54, 1.807) is 23.1 Å². The average molecular weight is 422 g/mol.